The van der Waals surface area contributed by atoms with Crippen LogP contribution in [0.15, 0.2) is 48.9 Å². The lowest BCUT2D eigenvalue weighted by Gasteiger charge is -2.27. The molecule has 1 unspecified atom stereocenters. The van der Waals surface area contributed by atoms with Gasteiger partial charge in [-0.2, -0.15) is 5.10 Å². The minimum absolute atomic E-state index is 0.00419. The number of anilines is 1. The van der Waals surface area contributed by atoms with Crippen LogP contribution >= 0.6 is 0 Å². The molecule has 1 amide bonds. The van der Waals surface area contributed by atoms with Gasteiger partial charge in [-0.05, 0) is 49.6 Å². The third-order valence-corrected chi connectivity index (χ3v) is 7.21. The number of amides is 1. The summed E-state index contributed by atoms with van der Waals surface area (Å²) in [6.07, 6.45) is 7.38. The Morgan fingerprint density at radius 2 is 1.97 bits per heavy atom. The molecule has 0 aliphatic carbocycles. The Balaban J connectivity index is 1.24. The lowest BCUT2D eigenvalue weighted by atomic mass is 10.0. The first-order valence-electron chi connectivity index (χ1n) is 12.2. The van der Waals surface area contributed by atoms with E-state index in [0.717, 1.165) is 24.2 Å². The van der Waals surface area contributed by atoms with Crippen LogP contribution in [0.1, 0.15) is 57.5 Å². The second-order valence-corrected chi connectivity index (χ2v) is 9.49. The molecule has 1 saturated heterocycles. The quantitative estimate of drug-likeness (QED) is 0.429. The van der Waals surface area contributed by atoms with E-state index < -0.39 is 17.6 Å². The number of carbonyl (C=O) groups excluding carboxylic acids is 1. The van der Waals surface area contributed by atoms with Crippen molar-refractivity contribution < 1.29 is 23.5 Å². The third-order valence-electron chi connectivity index (χ3n) is 7.21. The first-order valence-corrected chi connectivity index (χ1v) is 12.2. The van der Waals surface area contributed by atoms with Gasteiger partial charge in [0.05, 0.1) is 23.3 Å². The van der Waals surface area contributed by atoms with Gasteiger partial charge in [-0.15, -0.1) is 0 Å². The van der Waals surface area contributed by atoms with Crippen molar-refractivity contribution >= 4 is 23.1 Å². The number of aromatic nitrogens is 4. The van der Waals surface area contributed by atoms with Gasteiger partial charge in [0, 0.05) is 49.2 Å². The van der Waals surface area contributed by atoms with Gasteiger partial charge in [-0.3, -0.25) is 4.79 Å². The van der Waals surface area contributed by atoms with E-state index in [1.165, 1.54) is 18.5 Å². The standard InChI is InChI=1S/C26H24F2N6O3/c27-15-3-4-20(28)18(10-15)22-2-1-7-33(22)17-6-9-34-23(12-17)19(13-29-34)25(35)30-16-5-8-32-14-21(26(36)37)31-24(32)11-16/h3-4,6,9-10,12-14,16,22H,1-2,5,7-8,11H2,(H,30,35)(H,36,37)/t16?,22-/m1/s1. The van der Waals surface area contributed by atoms with E-state index in [0.29, 0.717) is 54.8 Å². The van der Waals surface area contributed by atoms with E-state index in [1.807, 2.05) is 21.6 Å². The summed E-state index contributed by atoms with van der Waals surface area (Å²) in [7, 11) is 0. The predicted octanol–water partition coefficient (Wildman–Crippen LogP) is 3.59. The molecule has 4 aromatic rings. The van der Waals surface area contributed by atoms with Crippen molar-refractivity contribution in [1.29, 1.82) is 0 Å². The zero-order valence-electron chi connectivity index (χ0n) is 19.8. The molecule has 6 rings (SSSR count). The van der Waals surface area contributed by atoms with Gasteiger partial charge in [-0.25, -0.2) is 23.1 Å². The maximum absolute atomic E-state index is 14.5. The molecule has 3 aromatic heterocycles. The van der Waals surface area contributed by atoms with E-state index in [9.17, 15) is 23.5 Å². The number of halogens is 2. The lowest BCUT2D eigenvalue weighted by molar-refractivity contribution is 0.0690. The van der Waals surface area contributed by atoms with Crippen molar-refractivity contribution in [3.05, 3.63) is 83.2 Å². The number of carboxylic acids is 1. The number of nitrogens with one attached hydrogen (secondary N) is 1. The van der Waals surface area contributed by atoms with Crippen LogP contribution in [0.3, 0.4) is 0 Å². The van der Waals surface area contributed by atoms with Gasteiger partial charge < -0.3 is 19.9 Å². The van der Waals surface area contributed by atoms with Gasteiger partial charge >= 0.3 is 5.97 Å². The van der Waals surface area contributed by atoms with Gasteiger partial charge in [0.1, 0.15) is 17.5 Å². The summed E-state index contributed by atoms with van der Waals surface area (Å²) in [6, 6.07) is 6.74. The smallest absolute Gasteiger partial charge is 0.356 e. The first-order chi connectivity index (χ1) is 17.9. The minimum atomic E-state index is -1.08. The maximum atomic E-state index is 14.5. The number of imidazole rings is 1. The fourth-order valence-electron chi connectivity index (χ4n) is 5.41. The summed E-state index contributed by atoms with van der Waals surface area (Å²) in [5, 5.41) is 16.5. The van der Waals surface area contributed by atoms with E-state index in [-0.39, 0.29) is 23.7 Å². The van der Waals surface area contributed by atoms with E-state index in [4.69, 9.17) is 0 Å². The number of aryl methyl sites for hydroxylation is 1. The number of aromatic carboxylic acids is 1. The number of hydrogen-bond donors (Lipinski definition) is 2. The van der Waals surface area contributed by atoms with Crippen molar-refractivity contribution in [2.45, 2.75) is 44.3 Å². The van der Waals surface area contributed by atoms with Gasteiger partial charge in [0.25, 0.3) is 5.91 Å². The summed E-state index contributed by atoms with van der Waals surface area (Å²) in [4.78, 5) is 30.6. The average molecular weight is 507 g/mol. The molecule has 9 nitrogen and oxygen atoms in total. The highest BCUT2D eigenvalue weighted by Crippen LogP contribution is 2.38. The largest absolute Gasteiger partial charge is 0.476 e. The molecule has 2 N–H and O–H groups in total. The third kappa shape index (κ3) is 4.20. The molecule has 0 saturated carbocycles. The number of pyridine rings is 1. The highest BCUT2D eigenvalue weighted by molar-refractivity contribution is 6.01. The molecule has 11 heteroatoms. The molecule has 2 aliphatic rings. The molecule has 5 heterocycles. The SMILES string of the molecule is O=C(O)c1cn2c(n1)CC(NC(=O)c1cnn3ccc(N4CCC[C@@H]4c4cc(F)ccc4F)cc13)CC2. The normalized spacial score (nSPS) is 19.2. The lowest BCUT2D eigenvalue weighted by Crippen LogP contribution is -2.40. The van der Waals surface area contributed by atoms with Crippen LogP contribution in [0.5, 0.6) is 0 Å². The maximum Gasteiger partial charge on any atom is 0.356 e. The zero-order valence-corrected chi connectivity index (χ0v) is 19.8. The number of carbonyl (C=O) groups is 2. The molecule has 2 aliphatic heterocycles. The van der Waals surface area contributed by atoms with Crippen molar-refractivity contribution in [3.63, 3.8) is 0 Å². The number of nitrogens with zero attached hydrogens (tertiary/aromatic N) is 5. The molecule has 37 heavy (non-hydrogen) atoms. The van der Waals surface area contributed by atoms with Crippen LogP contribution < -0.4 is 10.2 Å². The van der Waals surface area contributed by atoms with Crippen molar-refractivity contribution in [2.75, 3.05) is 11.4 Å². The molecule has 0 spiro atoms. The Bertz CT molecular complexity index is 1530. The molecule has 1 fully saturated rings. The van der Waals surface area contributed by atoms with Gasteiger partial charge in [-0.1, -0.05) is 0 Å². The predicted molar refractivity (Wildman–Crippen MR) is 130 cm³/mol. The zero-order chi connectivity index (χ0) is 25.7. The van der Waals surface area contributed by atoms with Crippen LogP contribution in [0, 0.1) is 11.6 Å². The Hall–Kier alpha value is -4.28. The molecule has 1 aromatic carbocycles. The van der Waals surface area contributed by atoms with Crippen LogP contribution in [0.25, 0.3) is 5.52 Å². The Morgan fingerprint density at radius 3 is 2.81 bits per heavy atom. The van der Waals surface area contributed by atoms with Gasteiger partial charge in [0.15, 0.2) is 5.69 Å². The van der Waals surface area contributed by atoms with E-state index in [2.05, 4.69) is 15.4 Å². The van der Waals surface area contributed by atoms with Gasteiger partial charge in [0.2, 0.25) is 0 Å². The van der Waals surface area contributed by atoms with E-state index in [1.54, 1.807) is 10.7 Å². The van der Waals surface area contributed by atoms with Crippen LogP contribution in [0.2, 0.25) is 0 Å². The Kier molecular flexibility index (Phi) is 5.62. The van der Waals surface area contributed by atoms with Crippen molar-refractivity contribution in [3.8, 4) is 0 Å². The fourth-order valence-corrected chi connectivity index (χ4v) is 5.41. The first kappa shape index (κ1) is 23.1. The number of carboxylic acid groups (broad SMARTS) is 1. The molecule has 190 valence electrons. The summed E-state index contributed by atoms with van der Waals surface area (Å²) >= 11 is 0. The number of benzene rings is 1. The molecule has 0 bridgehead atoms. The Labute approximate surface area is 210 Å². The summed E-state index contributed by atoms with van der Waals surface area (Å²) < 4.78 is 31.8. The Morgan fingerprint density at radius 1 is 1.11 bits per heavy atom. The fraction of sp³-hybridized carbons (Fsp3) is 0.308. The average Bonchev–Trinajstić information content (AvgIpc) is 3.62. The monoisotopic (exact) mass is 506 g/mol. The highest BCUT2D eigenvalue weighted by atomic mass is 19.1. The van der Waals surface area contributed by atoms with E-state index >= 15 is 0 Å². The summed E-state index contributed by atoms with van der Waals surface area (Å²) in [6.45, 7) is 1.24. The second-order valence-electron chi connectivity index (χ2n) is 9.49. The molecule has 0 radical (unpaired) electrons. The minimum Gasteiger partial charge on any atom is -0.476 e. The van der Waals surface area contributed by atoms with Crippen LogP contribution in [-0.2, 0) is 13.0 Å². The number of rotatable bonds is 5. The summed E-state index contributed by atoms with van der Waals surface area (Å²) in [5.41, 5.74) is 2.12. The molecule has 2 atom stereocenters. The molecular weight excluding hydrogens is 482 g/mol. The second kappa shape index (κ2) is 8.99. The van der Waals surface area contributed by atoms with Crippen molar-refractivity contribution in [2.24, 2.45) is 0 Å². The van der Waals surface area contributed by atoms with Crippen LogP contribution in [0.4, 0.5) is 14.5 Å². The molecular formula is C26H24F2N6O3. The highest BCUT2D eigenvalue weighted by Gasteiger charge is 2.30. The van der Waals surface area contributed by atoms with Crippen LogP contribution in [-0.4, -0.2) is 48.7 Å². The number of fused-ring (bicyclic) bond motifs is 2. The topological polar surface area (TPSA) is 105 Å². The van der Waals surface area contributed by atoms with Crippen molar-refractivity contribution in [1.82, 2.24) is 24.5 Å². The summed E-state index contributed by atoms with van der Waals surface area (Å²) in [5.74, 6) is -1.65. The number of hydrogen-bond acceptors (Lipinski definition) is 5.